The molecular formula is C15H22N2O3. The monoisotopic (exact) mass is 278 g/mol. The van der Waals surface area contributed by atoms with Crippen LogP contribution >= 0.6 is 0 Å². The average molecular weight is 278 g/mol. The lowest BCUT2D eigenvalue weighted by molar-refractivity contribution is -0.137. The average Bonchev–Trinajstić information content (AvgIpc) is 2.43. The molecule has 0 fully saturated rings. The van der Waals surface area contributed by atoms with Crippen LogP contribution in [-0.4, -0.2) is 29.6 Å². The highest BCUT2D eigenvalue weighted by atomic mass is 16.4. The fourth-order valence-electron chi connectivity index (χ4n) is 1.83. The standard InChI is InChI=1S/C15H22N2O3/c1-4-11(3)14(16)15(20)17(9-13(18)19)12-7-5-10(2)6-8-12/h5-8,11,14H,4,9,16H2,1-3H3,(H,18,19)/t11-,14-/m0/s1. The minimum absolute atomic E-state index is 0.00393. The highest BCUT2D eigenvalue weighted by Crippen LogP contribution is 2.18. The van der Waals surface area contributed by atoms with Crippen molar-refractivity contribution in [2.75, 3.05) is 11.4 Å². The number of carbonyl (C=O) groups excluding carboxylic acids is 1. The Bertz CT molecular complexity index is 471. The van der Waals surface area contributed by atoms with Gasteiger partial charge in [-0.2, -0.15) is 0 Å². The van der Waals surface area contributed by atoms with E-state index in [1.165, 1.54) is 4.90 Å². The SMILES string of the molecule is CC[C@H](C)[C@H](N)C(=O)N(CC(=O)O)c1ccc(C)cc1. The number of nitrogens with zero attached hydrogens (tertiary/aromatic N) is 1. The molecule has 0 spiro atoms. The van der Waals surface area contributed by atoms with Crippen molar-refractivity contribution >= 4 is 17.6 Å². The van der Waals surface area contributed by atoms with Gasteiger partial charge in [0.25, 0.3) is 0 Å². The third kappa shape index (κ3) is 4.06. The van der Waals surface area contributed by atoms with E-state index in [4.69, 9.17) is 10.8 Å². The number of carbonyl (C=O) groups is 2. The van der Waals surface area contributed by atoms with E-state index in [1.807, 2.05) is 32.9 Å². The molecule has 1 amide bonds. The number of aryl methyl sites for hydroxylation is 1. The molecule has 0 aliphatic heterocycles. The van der Waals surface area contributed by atoms with Crippen LogP contribution in [0.5, 0.6) is 0 Å². The van der Waals surface area contributed by atoms with Crippen molar-refractivity contribution in [1.29, 1.82) is 0 Å². The molecule has 20 heavy (non-hydrogen) atoms. The quantitative estimate of drug-likeness (QED) is 0.831. The number of carboxylic acids is 1. The lowest BCUT2D eigenvalue weighted by atomic mass is 9.98. The van der Waals surface area contributed by atoms with Crippen molar-refractivity contribution in [2.24, 2.45) is 11.7 Å². The smallest absolute Gasteiger partial charge is 0.323 e. The molecule has 2 atom stereocenters. The first kappa shape index (κ1) is 16.2. The topological polar surface area (TPSA) is 83.6 Å². The van der Waals surface area contributed by atoms with Crippen molar-refractivity contribution in [3.63, 3.8) is 0 Å². The highest BCUT2D eigenvalue weighted by Gasteiger charge is 2.27. The predicted molar refractivity (Wildman–Crippen MR) is 78.6 cm³/mol. The van der Waals surface area contributed by atoms with Gasteiger partial charge >= 0.3 is 5.97 Å². The zero-order valence-electron chi connectivity index (χ0n) is 12.2. The molecule has 0 bridgehead atoms. The molecule has 0 radical (unpaired) electrons. The molecule has 110 valence electrons. The largest absolute Gasteiger partial charge is 0.480 e. The van der Waals surface area contributed by atoms with E-state index in [-0.39, 0.29) is 18.4 Å². The van der Waals surface area contributed by atoms with Crippen LogP contribution in [0, 0.1) is 12.8 Å². The Morgan fingerprint density at radius 2 is 1.85 bits per heavy atom. The van der Waals surface area contributed by atoms with Crippen LogP contribution in [0.1, 0.15) is 25.8 Å². The second-order valence-corrected chi connectivity index (χ2v) is 5.06. The zero-order valence-corrected chi connectivity index (χ0v) is 12.2. The first-order valence-electron chi connectivity index (χ1n) is 6.72. The predicted octanol–water partition coefficient (Wildman–Crippen LogP) is 1.79. The van der Waals surface area contributed by atoms with E-state index in [9.17, 15) is 9.59 Å². The van der Waals surface area contributed by atoms with Crippen LogP contribution in [-0.2, 0) is 9.59 Å². The number of carboxylic acid groups (broad SMARTS) is 1. The molecule has 5 heteroatoms. The normalized spacial score (nSPS) is 13.6. The van der Waals surface area contributed by atoms with Crippen molar-refractivity contribution in [3.8, 4) is 0 Å². The van der Waals surface area contributed by atoms with Crippen molar-refractivity contribution in [3.05, 3.63) is 29.8 Å². The van der Waals surface area contributed by atoms with E-state index in [0.29, 0.717) is 5.69 Å². The lowest BCUT2D eigenvalue weighted by Gasteiger charge is -2.27. The van der Waals surface area contributed by atoms with Gasteiger partial charge in [-0.15, -0.1) is 0 Å². The van der Waals surface area contributed by atoms with Gasteiger partial charge in [-0.1, -0.05) is 38.0 Å². The molecule has 0 aromatic heterocycles. The van der Waals surface area contributed by atoms with Crippen LogP contribution in [0.15, 0.2) is 24.3 Å². The van der Waals surface area contributed by atoms with Gasteiger partial charge in [-0.05, 0) is 25.0 Å². The second kappa shape index (κ2) is 7.05. The fraction of sp³-hybridized carbons (Fsp3) is 0.467. The summed E-state index contributed by atoms with van der Waals surface area (Å²) < 4.78 is 0. The second-order valence-electron chi connectivity index (χ2n) is 5.06. The Kier molecular flexibility index (Phi) is 5.70. The lowest BCUT2D eigenvalue weighted by Crippen LogP contribution is -2.49. The Hall–Kier alpha value is -1.88. The number of benzene rings is 1. The van der Waals surface area contributed by atoms with E-state index in [2.05, 4.69) is 0 Å². The maximum absolute atomic E-state index is 12.4. The first-order chi connectivity index (χ1) is 9.36. The Labute approximate surface area is 119 Å². The summed E-state index contributed by atoms with van der Waals surface area (Å²) in [5.41, 5.74) is 7.53. The maximum Gasteiger partial charge on any atom is 0.323 e. The number of anilines is 1. The van der Waals surface area contributed by atoms with Crippen LogP contribution < -0.4 is 10.6 Å². The molecule has 1 rings (SSSR count). The first-order valence-corrected chi connectivity index (χ1v) is 6.72. The van der Waals surface area contributed by atoms with Gasteiger partial charge in [-0.3, -0.25) is 14.5 Å². The molecular weight excluding hydrogens is 256 g/mol. The van der Waals surface area contributed by atoms with Crippen molar-refractivity contribution < 1.29 is 14.7 Å². The van der Waals surface area contributed by atoms with E-state index < -0.39 is 12.0 Å². The minimum Gasteiger partial charge on any atom is -0.480 e. The van der Waals surface area contributed by atoms with Gasteiger partial charge in [0.15, 0.2) is 0 Å². The van der Waals surface area contributed by atoms with Crippen LogP contribution in [0.4, 0.5) is 5.69 Å². The van der Waals surface area contributed by atoms with Gasteiger partial charge in [-0.25, -0.2) is 0 Å². The molecule has 0 saturated heterocycles. The Morgan fingerprint density at radius 1 is 1.30 bits per heavy atom. The molecule has 3 N–H and O–H groups in total. The number of aliphatic carboxylic acids is 1. The molecule has 5 nitrogen and oxygen atoms in total. The van der Waals surface area contributed by atoms with Crippen LogP contribution in [0.3, 0.4) is 0 Å². The van der Waals surface area contributed by atoms with Gasteiger partial charge in [0.05, 0.1) is 6.04 Å². The molecule has 0 aliphatic rings. The van der Waals surface area contributed by atoms with Gasteiger partial charge < -0.3 is 10.8 Å². The Balaban J connectivity index is 3.03. The molecule has 0 aliphatic carbocycles. The summed E-state index contributed by atoms with van der Waals surface area (Å²) in [6.45, 7) is 5.38. The number of nitrogens with two attached hydrogens (primary N) is 1. The van der Waals surface area contributed by atoms with Gasteiger partial charge in [0, 0.05) is 5.69 Å². The summed E-state index contributed by atoms with van der Waals surface area (Å²) in [5, 5.41) is 8.99. The summed E-state index contributed by atoms with van der Waals surface area (Å²) in [7, 11) is 0. The minimum atomic E-state index is -1.06. The van der Waals surface area contributed by atoms with E-state index in [0.717, 1.165) is 12.0 Å². The fourth-order valence-corrected chi connectivity index (χ4v) is 1.83. The number of amides is 1. The molecule has 1 aromatic carbocycles. The number of hydrogen-bond donors (Lipinski definition) is 2. The van der Waals surface area contributed by atoms with E-state index in [1.54, 1.807) is 12.1 Å². The summed E-state index contributed by atoms with van der Waals surface area (Å²) in [6, 6.07) is 6.46. The van der Waals surface area contributed by atoms with Gasteiger partial charge in [0.2, 0.25) is 5.91 Å². The zero-order chi connectivity index (χ0) is 15.3. The van der Waals surface area contributed by atoms with Gasteiger partial charge in [0.1, 0.15) is 6.54 Å². The third-order valence-corrected chi connectivity index (χ3v) is 3.45. The molecule has 1 aromatic rings. The number of rotatable bonds is 6. The summed E-state index contributed by atoms with van der Waals surface area (Å²) in [5.74, 6) is -1.41. The number of hydrogen-bond acceptors (Lipinski definition) is 3. The summed E-state index contributed by atoms with van der Waals surface area (Å²) >= 11 is 0. The summed E-state index contributed by atoms with van der Waals surface area (Å²) in [4.78, 5) is 24.6. The molecule has 0 saturated carbocycles. The molecule has 0 unspecified atom stereocenters. The van der Waals surface area contributed by atoms with Crippen molar-refractivity contribution in [2.45, 2.75) is 33.2 Å². The summed E-state index contributed by atoms with van der Waals surface area (Å²) in [6.07, 6.45) is 0.766. The van der Waals surface area contributed by atoms with E-state index >= 15 is 0 Å². The third-order valence-electron chi connectivity index (χ3n) is 3.45. The van der Waals surface area contributed by atoms with Crippen LogP contribution in [0.2, 0.25) is 0 Å². The van der Waals surface area contributed by atoms with Crippen molar-refractivity contribution in [1.82, 2.24) is 0 Å². The maximum atomic E-state index is 12.4. The highest BCUT2D eigenvalue weighted by molar-refractivity contribution is 6.00. The Morgan fingerprint density at radius 3 is 2.30 bits per heavy atom. The van der Waals surface area contributed by atoms with Crippen LogP contribution in [0.25, 0.3) is 0 Å². The molecule has 0 heterocycles.